The highest BCUT2D eigenvalue weighted by atomic mass is 79.9. The monoisotopic (exact) mass is 261 g/mol. The van der Waals surface area contributed by atoms with Crippen molar-refractivity contribution < 1.29 is 8.42 Å². The first-order valence-corrected chi connectivity index (χ1v) is 5.98. The second-order valence-electron chi connectivity index (χ2n) is 1.37. The lowest BCUT2D eigenvalue weighted by Gasteiger charge is -1.81. The molecule has 0 saturated carbocycles. The van der Waals surface area contributed by atoms with Crippen LogP contribution in [0.5, 0.6) is 0 Å². The quantitative estimate of drug-likeness (QED) is 0.726. The maximum absolute atomic E-state index is 10.5. The zero-order chi connectivity index (χ0) is 7.78. The second kappa shape index (κ2) is 2.77. The zero-order valence-electron chi connectivity index (χ0n) is 4.41. The minimum Gasteiger partial charge on any atom is -0.231 e. The number of thiazole rings is 1. The first-order chi connectivity index (χ1) is 4.50. The minimum absolute atomic E-state index is 0.0824. The van der Waals surface area contributed by atoms with Gasteiger partial charge in [0.05, 0.1) is 9.98 Å². The first-order valence-electron chi connectivity index (χ1n) is 2.06. The molecule has 1 aromatic heterocycles. The Morgan fingerprint density at radius 1 is 1.70 bits per heavy atom. The average Bonchev–Trinajstić information content (AvgIpc) is 2.11. The lowest BCUT2D eigenvalue weighted by molar-refractivity contribution is 0.609. The number of nitrogens with zero attached hydrogens (tertiary/aromatic N) is 1. The Labute approximate surface area is 74.6 Å². The summed E-state index contributed by atoms with van der Waals surface area (Å²) in [6.45, 7) is 0. The summed E-state index contributed by atoms with van der Waals surface area (Å²) < 4.78 is 21.6. The fourth-order valence-electron chi connectivity index (χ4n) is 0.352. The van der Waals surface area contributed by atoms with Crippen molar-refractivity contribution in [2.45, 2.75) is 4.34 Å². The molecule has 0 amide bonds. The predicted octanol–water partition coefficient (Wildman–Crippen LogP) is 1.83. The minimum atomic E-state index is -3.63. The number of halogens is 2. The molecule has 0 unspecified atom stereocenters. The molecule has 1 rings (SSSR count). The topological polar surface area (TPSA) is 47.0 Å². The van der Waals surface area contributed by atoms with Crippen molar-refractivity contribution in [2.24, 2.45) is 0 Å². The maximum Gasteiger partial charge on any atom is 0.288 e. The molecule has 0 N–H and O–H groups in total. The standard InChI is InChI=1S/C3HBrClNO2S2/c4-2-1-6-3(9-2)10(5,7)8/h1H. The van der Waals surface area contributed by atoms with Crippen molar-refractivity contribution in [1.29, 1.82) is 0 Å². The molecule has 56 valence electrons. The molecule has 0 atom stereocenters. The highest BCUT2D eigenvalue weighted by Crippen LogP contribution is 2.24. The van der Waals surface area contributed by atoms with Gasteiger partial charge >= 0.3 is 0 Å². The summed E-state index contributed by atoms with van der Waals surface area (Å²) in [6.07, 6.45) is 1.39. The summed E-state index contributed by atoms with van der Waals surface area (Å²) >= 11 is 4.04. The highest BCUT2D eigenvalue weighted by Gasteiger charge is 2.13. The van der Waals surface area contributed by atoms with Gasteiger partial charge in [-0.25, -0.2) is 13.4 Å². The Morgan fingerprint density at radius 3 is 2.50 bits per heavy atom. The van der Waals surface area contributed by atoms with E-state index in [0.29, 0.717) is 3.79 Å². The van der Waals surface area contributed by atoms with Crippen molar-refractivity contribution in [2.75, 3.05) is 0 Å². The van der Waals surface area contributed by atoms with Crippen LogP contribution in [0, 0.1) is 0 Å². The van der Waals surface area contributed by atoms with Crippen molar-refractivity contribution >= 4 is 47.0 Å². The summed E-state index contributed by atoms with van der Waals surface area (Å²) in [5.74, 6) is 0. The number of aromatic nitrogens is 1. The molecule has 0 aliphatic carbocycles. The van der Waals surface area contributed by atoms with Crippen LogP contribution in [0.3, 0.4) is 0 Å². The summed E-state index contributed by atoms with van der Waals surface area (Å²) in [5.41, 5.74) is 0. The van der Waals surface area contributed by atoms with Crippen LogP contribution in [0.1, 0.15) is 0 Å². The van der Waals surface area contributed by atoms with Gasteiger partial charge in [0.1, 0.15) is 0 Å². The molecule has 1 heterocycles. The summed E-state index contributed by atoms with van der Waals surface area (Å²) in [4.78, 5) is 3.54. The molecule has 0 aromatic carbocycles. The molecule has 0 saturated heterocycles. The predicted molar refractivity (Wildman–Crippen MR) is 42.9 cm³/mol. The molecule has 0 aliphatic heterocycles. The Kier molecular flexibility index (Phi) is 2.34. The smallest absolute Gasteiger partial charge is 0.231 e. The molecule has 0 bridgehead atoms. The molecule has 1 aromatic rings. The summed E-state index contributed by atoms with van der Waals surface area (Å²) in [7, 11) is 1.34. The largest absolute Gasteiger partial charge is 0.288 e. The van der Waals surface area contributed by atoms with Crippen molar-refractivity contribution in [1.82, 2.24) is 4.98 Å². The van der Waals surface area contributed by atoms with E-state index in [1.165, 1.54) is 6.20 Å². The van der Waals surface area contributed by atoms with Crippen LogP contribution in [0.15, 0.2) is 14.3 Å². The molecular formula is C3HBrClNO2S2. The van der Waals surface area contributed by atoms with Crippen LogP contribution < -0.4 is 0 Å². The lowest BCUT2D eigenvalue weighted by Crippen LogP contribution is -1.86. The van der Waals surface area contributed by atoms with Crippen molar-refractivity contribution in [3.8, 4) is 0 Å². The Morgan fingerprint density at radius 2 is 2.30 bits per heavy atom. The molecule has 10 heavy (non-hydrogen) atoms. The molecule has 0 fully saturated rings. The van der Waals surface area contributed by atoms with E-state index in [9.17, 15) is 8.42 Å². The Hall–Kier alpha value is 0.350. The van der Waals surface area contributed by atoms with Gasteiger partial charge in [0, 0.05) is 10.7 Å². The van der Waals surface area contributed by atoms with E-state index in [1.807, 2.05) is 0 Å². The van der Waals surface area contributed by atoms with Gasteiger partial charge in [-0.2, -0.15) is 0 Å². The van der Waals surface area contributed by atoms with E-state index in [0.717, 1.165) is 11.3 Å². The fraction of sp³-hybridized carbons (Fsp3) is 0. The normalized spacial score (nSPS) is 11.8. The van der Waals surface area contributed by atoms with E-state index >= 15 is 0 Å². The van der Waals surface area contributed by atoms with Gasteiger partial charge in [0.2, 0.25) is 4.34 Å². The lowest BCUT2D eigenvalue weighted by atomic mass is 11.0. The summed E-state index contributed by atoms with van der Waals surface area (Å²) in [5, 5.41) is 0. The van der Waals surface area contributed by atoms with E-state index in [4.69, 9.17) is 10.7 Å². The summed E-state index contributed by atoms with van der Waals surface area (Å²) in [6, 6.07) is 0. The molecule has 0 aliphatic rings. The third-order valence-corrected chi connectivity index (χ3v) is 4.08. The first kappa shape index (κ1) is 8.45. The van der Waals surface area contributed by atoms with Crippen molar-refractivity contribution in [3.05, 3.63) is 9.98 Å². The number of hydrogen-bond donors (Lipinski definition) is 0. The van der Waals surface area contributed by atoms with Crippen LogP contribution in [-0.2, 0) is 9.05 Å². The Bertz CT molecular complexity index is 332. The van der Waals surface area contributed by atoms with E-state index in [2.05, 4.69) is 20.9 Å². The fourth-order valence-corrected chi connectivity index (χ4v) is 2.86. The van der Waals surface area contributed by atoms with Gasteiger partial charge in [-0.1, -0.05) is 11.3 Å². The van der Waals surface area contributed by atoms with Gasteiger partial charge in [0.15, 0.2) is 0 Å². The van der Waals surface area contributed by atoms with E-state index < -0.39 is 9.05 Å². The SMILES string of the molecule is O=S(=O)(Cl)c1ncc(Br)s1. The number of hydrogen-bond acceptors (Lipinski definition) is 4. The molecule has 0 radical (unpaired) electrons. The third kappa shape index (κ3) is 1.91. The molecule has 7 heteroatoms. The van der Waals surface area contributed by atoms with Gasteiger partial charge in [-0.3, -0.25) is 0 Å². The van der Waals surface area contributed by atoms with Crippen LogP contribution in [0.4, 0.5) is 0 Å². The van der Waals surface area contributed by atoms with Crippen molar-refractivity contribution in [3.63, 3.8) is 0 Å². The van der Waals surface area contributed by atoms with Crippen LogP contribution >= 0.6 is 37.9 Å². The van der Waals surface area contributed by atoms with Crippen LogP contribution in [-0.4, -0.2) is 13.4 Å². The zero-order valence-corrected chi connectivity index (χ0v) is 8.39. The average molecular weight is 263 g/mol. The van der Waals surface area contributed by atoms with Crippen LogP contribution in [0.25, 0.3) is 0 Å². The maximum atomic E-state index is 10.5. The second-order valence-corrected chi connectivity index (χ2v) is 6.52. The van der Waals surface area contributed by atoms with Gasteiger partial charge < -0.3 is 0 Å². The third-order valence-electron chi connectivity index (χ3n) is 0.665. The Balaban J connectivity index is 3.21. The highest BCUT2D eigenvalue weighted by molar-refractivity contribution is 9.11. The number of rotatable bonds is 1. The van der Waals surface area contributed by atoms with E-state index in [1.54, 1.807) is 0 Å². The molecular weight excluding hydrogens is 262 g/mol. The van der Waals surface area contributed by atoms with Crippen LogP contribution in [0.2, 0.25) is 0 Å². The van der Waals surface area contributed by atoms with Gasteiger partial charge in [-0.15, -0.1) is 0 Å². The molecule has 0 spiro atoms. The van der Waals surface area contributed by atoms with E-state index in [-0.39, 0.29) is 4.34 Å². The van der Waals surface area contributed by atoms with Gasteiger partial charge in [-0.05, 0) is 15.9 Å². The van der Waals surface area contributed by atoms with Gasteiger partial charge in [0.25, 0.3) is 9.05 Å². The molecule has 3 nitrogen and oxygen atoms in total.